The number of hydrogen-bond acceptors (Lipinski definition) is 2. The van der Waals surface area contributed by atoms with Crippen LogP contribution in [0.4, 0.5) is 0 Å². The minimum atomic E-state index is -3.03. The predicted octanol–water partition coefficient (Wildman–Crippen LogP) is 3.12. The first-order chi connectivity index (χ1) is 8.70. The van der Waals surface area contributed by atoms with Gasteiger partial charge in [-0.25, -0.2) is 10.2 Å². The van der Waals surface area contributed by atoms with E-state index < -0.39 is 7.67 Å². The zero-order valence-corrected chi connectivity index (χ0v) is 13.2. The Morgan fingerprint density at radius 2 is 1.89 bits per heavy atom. The van der Waals surface area contributed by atoms with Gasteiger partial charge in [0, 0.05) is 24.3 Å². The molecule has 0 aliphatic rings. The average molecular weight is 356 g/mol. The Bertz CT molecular complexity index is 369. The van der Waals surface area contributed by atoms with Crippen LogP contribution in [0.15, 0.2) is 30.3 Å². The number of rotatable bonds is 9. The standard InChI is InChI=1S/C11H17BrClN2O2P/c12-6-8-14-18(16,15-9-7-13)17-10-11-4-2-1-3-5-11/h1-5H,6-10H2,(H2,14,15,16). The van der Waals surface area contributed by atoms with Crippen molar-refractivity contribution in [1.29, 1.82) is 0 Å². The summed E-state index contributed by atoms with van der Waals surface area (Å²) in [5.74, 6) is 0.384. The summed E-state index contributed by atoms with van der Waals surface area (Å²) in [6.45, 7) is 1.28. The molecule has 1 aromatic rings. The summed E-state index contributed by atoms with van der Waals surface area (Å²) >= 11 is 8.86. The van der Waals surface area contributed by atoms with Crippen molar-refractivity contribution in [1.82, 2.24) is 10.2 Å². The second-order valence-corrected chi connectivity index (χ2v) is 6.67. The highest BCUT2D eigenvalue weighted by Crippen LogP contribution is 2.37. The number of alkyl halides is 2. The molecule has 0 spiro atoms. The Morgan fingerprint density at radius 1 is 1.22 bits per heavy atom. The van der Waals surface area contributed by atoms with Crippen molar-refractivity contribution in [3.8, 4) is 0 Å². The van der Waals surface area contributed by atoms with Gasteiger partial charge in [0.1, 0.15) is 0 Å². The lowest BCUT2D eigenvalue weighted by Gasteiger charge is -2.19. The van der Waals surface area contributed by atoms with Gasteiger partial charge >= 0.3 is 7.67 Å². The predicted molar refractivity (Wildman–Crippen MR) is 79.4 cm³/mol. The van der Waals surface area contributed by atoms with Gasteiger partial charge in [-0.05, 0) is 5.56 Å². The quantitative estimate of drug-likeness (QED) is 0.528. The fraction of sp³-hybridized carbons (Fsp3) is 0.455. The summed E-state index contributed by atoms with van der Waals surface area (Å²) in [7, 11) is -3.03. The van der Waals surface area contributed by atoms with Gasteiger partial charge in [0.25, 0.3) is 0 Å². The van der Waals surface area contributed by atoms with Gasteiger partial charge < -0.3 is 4.52 Å². The molecular formula is C11H17BrClN2O2P. The van der Waals surface area contributed by atoms with Crippen molar-refractivity contribution in [2.75, 3.05) is 24.3 Å². The smallest absolute Gasteiger partial charge is 0.301 e. The summed E-state index contributed by atoms with van der Waals surface area (Å²) in [6.07, 6.45) is 0. The van der Waals surface area contributed by atoms with Crippen LogP contribution in [-0.2, 0) is 15.7 Å². The molecule has 1 rings (SSSR count). The molecule has 1 unspecified atom stereocenters. The van der Waals surface area contributed by atoms with Gasteiger partial charge in [-0.3, -0.25) is 4.57 Å². The molecule has 4 nitrogen and oxygen atoms in total. The topological polar surface area (TPSA) is 50.4 Å². The maximum absolute atomic E-state index is 12.4. The molecule has 1 aromatic carbocycles. The summed E-state index contributed by atoms with van der Waals surface area (Å²) in [4.78, 5) is 0. The Balaban J connectivity index is 2.52. The van der Waals surface area contributed by atoms with E-state index in [1.807, 2.05) is 30.3 Å². The molecule has 0 fully saturated rings. The van der Waals surface area contributed by atoms with Gasteiger partial charge in [0.2, 0.25) is 0 Å². The molecule has 0 bridgehead atoms. The number of benzene rings is 1. The van der Waals surface area contributed by atoms with Crippen LogP contribution in [0.2, 0.25) is 0 Å². The number of nitrogens with one attached hydrogen (secondary N) is 2. The summed E-state index contributed by atoms with van der Waals surface area (Å²) in [6, 6.07) is 9.62. The number of halogens is 2. The minimum Gasteiger partial charge on any atom is -0.301 e. The SMILES string of the molecule is O=P(NCCCl)(NCCBr)OCc1ccccc1. The van der Waals surface area contributed by atoms with Gasteiger partial charge in [-0.2, -0.15) is 0 Å². The van der Waals surface area contributed by atoms with Crippen LogP contribution in [0.25, 0.3) is 0 Å². The molecule has 0 amide bonds. The van der Waals surface area contributed by atoms with Gasteiger partial charge in [0.05, 0.1) is 6.61 Å². The normalized spacial score (nSPS) is 14.3. The second kappa shape index (κ2) is 9.08. The van der Waals surface area contributed by atoms with E-state index in [2.05, 4.69) is 26.1 Å². The fourth-order valence-electron chi connectivity index (χ4n) is 1.27. The molecular weight excluding hydrogens is 338 g/mol. The van der Waals surface area contributed by atoms with Crippen LogP contribution in [0, 0.1) is 0 Å². The highest BCUT2D eigenvalue weighted by atomic mass is 79.9. The molecule has 7 heteroatoms. The van der Waals surface area contributed by atoms with E-state index in [1.165, 1.54) is 0 Å². The zero-order valence-electron chi connectivity index (χ0n) is 9.94. The Labute approximate surface area is 121 Å². The van der Waals surface area contributed by atoms with Crippen molar-refractivity contribution in [3.05, 3.63) is 35.9 Å². The van der Waals surface area contributed by atoms with Gasteiger partial charge in [-0.1, -0.05) is 46.3 Å². The van der Waals surface area contributed by atoms with Crippen molar-refractivity contribution in [2.45, 2.75) is 6.61 Å². The highest BCUT2D eigenvalue weighted by molar-refractivity contribution is 9.09. The molecule has 0 heterocycles. The third kappa shape index (κ3) is 6.32. The molecule has 0 aliphatic carbocycles. The van der Waals surface area contributed by atoms with Crippen LogP contribution < -0.4 is 10.2 Å². The van der Waals surface area contributed by atoms with Crippen molar-refractivity contribution in [2.24, 2.45) is 0 Å². The van der Waals surface area contributed by atoms with E-state index in [9.17, 15) is 4.57 Å². The largest absolute Gasteiger partial charge is 0.341 e. The van der Waals surface area contributed by atoms with Crippen LogP contribution in [-0.4, -0.2) is 24.3 Å². The van der Waals surface area contributed by atoms with Gasteiger partial charge in [0.15, 0.2) is 0 Å². The molecule has 1 atom stereocenters. The fourth-order valence-corrected chi connectivity index (χ4v) is 3.43. The molecule has 2 N–H and O–H groups in total. The van der Waals surface area contributed by atoms with Crippen molar-refractivity contribution < 1.29 is 9.09 Å². The van der Waals surface area contributed by atoms with Crippen LogP contribution in [0.3, 0.4) is 0 Å². The van der Waals surface area contributed by atoms with Crippen molar-refractivity contribution in [3.63, 3.8) is 0 Å². The molecule has 0 aromatic heterocycles. The Morgan fingerprint density at radius 3 is 2.50 bits per heavy atom. The van der Waals surface area contributed by atoms with E-state index in [0.29, 0.717) is 30.9 Å². The first-order valence-electron chi connectivity index (χ1n) is 5.61. The molecule has 0 aliphatic heterocycles. The maximum atomic E-state index is 12.4. The Kier molecular flexibility index (Phi) is 8.15. The average Bonchev–Trinajstić information content (AvgIpc) is 2.42. The Hall–Kier alpha value is 0.1000. The molecule has 0 saturated heterocycles. The summed E-state index contributed by atoms with van der Waals surface area (Å²) < 4.78 is 17.9. The lowest BCUT2D eigenvalue weighted by molar-refractivity contribution is 0.288. The van der Waals surface area contributed by atoms with E-state index >= 15 is 0 Å². The molecule has 18 heavy (non-hydrogen) atoms. The van der Waals surface area contributed by atoms with E-state index in [-0.39, 0.29) is 0 Å². The van der Waals surface area contributed by atoms with Crippen molar-refractivity contribution >= 4 is 35.2 Å². The highest BCUT2D eigenvalue weighted by Gasteiger charge is 2.21. The summed E-state index contributed by atoms with van der Waals surface area (Å²) in [5, 5.41) is 6.39. The lowest BCUT2D eigenvalue weighted by Crippen LogP contribution is -2.26. The monoisotopic (exact) mass is 354 g/mol. The van der Waals surface area contributed by atoms with Crippen LogP contribution >= 0.6 is 35.2 Å². The molecule has 0 radical (unpaired) electrons. The first-order valence-corrected chi connectivity index (χ1v) is 8.89. The van der Waals surface area contributed by atoms with E-state index in [4.69, 9.17) is 16.1 Å². The third-order valence-electron chi connectivity index (χ3n) is 2.08. The van der Waals surface area contributed by atoms with E-state index in [0.717, 1.165) is 5.56 Å². The second-order valence-electron chi connectivity index (χ2n) is 3.50. The zero-order chi connectivity index (χ0) is 13.3. The van der Waals surface area contributed by atoms with E-state index in [1.54, 1.807) is 0 Å². The minimum absolute atomic E-state index is 0.294. The first kappa shape index (κ1) is 16.2. The summed E-state index contributed by atoms with van der Waals surface area (Å²) in [5.41, 5.74) is 0.978. The lowest BCUT2D eigenvalue weighted by atomic mass is 10.2. The maximum Gasteiger partial charge on any atom is 0.341 e. The molecule has 0 saturated carbocycles. The number of hydrogen-bond donors (Lipinski definition) is 2. The van der Waals surface area contributed by atoms with Crippen LogP contribution in [0.5, 0.6) is 0 Å². The van der Waals surface area contributed by atoms with Crippen LogP contribution in [0.1, 0.15) is 5.56 Å². The van der Waals surface area contributed by atoms with Gasteiger partial charge in [-0.15, -0.1) is 11.6 Å². The third-order valence-corrected chi connectivity index (χ3v) is 4.44. The molecule has 102 valence electrons.